The van der Waals surface area contributed by atoms with Gasteiger partial charge in [0, 0.05) is 21.9 Å². The zero-order chi connectivity index (χ0) is 18.4. The second-order valence-corrected chi connectivity index (χ2v) is 7.27. The smallest absolute Gasteiger partial charge is 0.201 e. The lowest BCUT2D eigenvalue weighted by molar-refractivity contribution is 0.104. The van der Waals surface area contributed by atoms with Crippen molar-refractivity contribution >= 4 is 22.1 Å². The summed E-state index contributed by atoms with van der Waals surface area (Å²) in [5, 5.41) is 41.7. The number of allylic oxidation sites excluding steroid dienone is 2. The molecule has 0 saturated carbocycles. The van der Waals surface area contributed by atoms with E-state index in [2.05, 4.69) is 0 Å². The predicted octanol–water partition coefficient (Wildman–Crippen LogP) is 3.32. The summed E-state index contributed by atoms with van der Waals surface area (Å²) in [7, 11) is 0. The molecule has 6 heteroatoms. The summed E-state index contributed by atoms with van der Waals surface area (Å²) in [4.78, 5) is 12.4. The standard InChI is InChI=1S/C19H18O6/c1-6-5-8(20)10-11-9(6)18-13(19(3,4)7(2)25-18)14(21)12(11)16(23)17(24)15(10)22/h5,7,21-24H,1-4H3/t7-/m1/s1. The molecule has 0 unspecified atom stereocenters. The Bertz CT molecular complexity index is 1030. The van der Waals surface area contributed by atoms with Crippen molar-refractivity contribution in [1.29, 1.82) is 0 Å². The van der Waals surface area contributed by atoms with Crippen molar-refractivity contribution in [3.05, 3.63) is 22.8 Å². The number of phenols is 4. The van der Waals surface area contributed by atoms with E-state index in [-0.39, 0.29) is 28.2 Å². The van der Waals surface area contributed by atoms with Crippen molar-refractivity contribution in [2.45, 2.75) is 39.2 Å². The molecule has 1 aliphatic heterocycles. The number of carbonyl (C=O) groups excluding carboxylic acids is 1. The van der Waals surface area contributed by atoms with Gasteiger partial charge in [0.2, 0.25) is 5.75 Å². The van der Waals surface area contributed by atoms with Crippen LogP contribution in [0, 0.1) is 0 Å². The Kier molecular flexibility index (Phi) is 2.74. The molecule has 0 aromatic heterocycles. The van der Waals surface area contributed by atoms with Crippen LogP contribution in [0.5, 0.6) is 28.7 Å². The first kappa shape index (κ1) is 15.6. The summed E-state index contributed by atoms with van der Waals surface area (Å²) in [6.45, 7) is 7.42. The van der Waals surface area contributed by atoms with Gasteiger partial charge in [-0.1, -0.05) is 13.8 Å². The first-order chi connectivity index (χ1) is 11.6. The molecule has 4 rings (SSSR count). The molecule has 0 saturated heterocycles. The third kappa shape index (κ3) is 1.61. The highest BCUT2D eigenvalue weighted by atomic mass is 16.5. The summed E-state index contributed by atoms with van der Waals surface area (Å²) >= 11 is 0. The number of phenolic OH excluding ortho intramolecular Hbond substituents is 4. The maximum atomic E-state index is 12.4. The van der Waals surface area contributed by atoms with Gasteiger partial charge in [-0.3, -0.25) is 4.79 Å². The molecular formula is C19H18O6. The molecule has 2 aromatic carbocycles. The molecule has 0 bridgehead atoms. The van der Waals surface area contributed by atoms with Gasteiger partial charge in [-0.25, -0.2) is 0 Å². The van der Waals surface area contributed by atoms with Crippen LogP contribution in [-0.2, 0) is 5.41 Å². The lowest BCUT2D eigenvalue weighted by Crippen LogP contribution is -2.28. The molecule has 1 aliphatic carbocycles. The number of hydrogen-bond acceptors (Lipinski definition) is 6. The number of aromatic hydroxyl groups is 4. The number of rotatable bonds is 0. The van der Waals surface area contributed by atoms with Crippen molar-refractivity contribution < 1.29 is 30.0 Å². The van der Waals surface area contributed by atoms with E-state index in [1.54, 1.807) is 6.92 Å². The SMILES string of the molecule is CC1=CC(=O)c2c(O)c(O)c(O)c3c(O)c4c(c1c23)O[C@H](C)C4(C)C. The van der Waals surface area contributed by atoms with Crippen molar-refractivity contribution in [3.63, 3.8) is 0 Å². The summed E-state index contributed by atoms with van der Waals surface area (Å²) in [6, 6.07) is 0. The number of hydrogen-bond donors (Lipinski definition) is 4. The Morgan fingerprint density at radius 1 is 0.960 bits per heavy atom. The van der Waals surface area contributed by atoms with E-state index in [0.29, 0.717) is 22.4 Å². The number of ether oxygens (including phenoxy) is 1. The average Bonchev–Trinajstić information content (AvgIpc) is 2.74. The molecule has 2 aromatic rings. The van der Waals surface area contributed by atoms with Crippen LogP contribution < -0.4 is 4.74 Å². The fraction of sp³-hybridized carbons (Fsp3) is 0.316. The first-order valence-electron chi connectivity index (χ1n) is 7.98. The number of carbonyl (C=O) groups is 1. The molecule has 1 heterocycles. The van der Waals surface area contributed by atoms with Gasteiger partial charge in [0.05, 0.1) is 10.9 Å². The van der Waals surface area contributed by atoms with Gasteiger partial charge in [-0.2, -0.15) is 0 Å². The molecule has 0 amide bonds. The topological polar surface area (TPSA) is 107 Å². The third-order valence-corrected chi connectivity index (χ3v) is 5.54. The van der Waals surface area contributed by atoms with Crippen LogP contribution in [0.3, 0.4) is 0 Å². The molecule has 0 radical (unpaired) electrons. The average molecular weight is 342 g/mol. The predicted molar refractivity (Wildman–Crippen MR) is 91.7 cm³/mol. The van der Waals surface area contributed by atoms with Crippen molar-refractivity contribution in [3.8, 4) is 28.7 Å². The fourth-order valence-corrected chi connectivity index (χ4v) is 3.86. The van der Waals surface area contributed by atoms with Gasteiger partial charge in [0.1, 0.15) is 17.6 Å². The Hall–Kier alpha value is -2.89. The van der Waals surface area contributed by atoms with Gasteiger partial charge < -0.3 is 25.2 Å². The maximum Gasteiger partial charge on any atom is 0.201 e. The van der Waals surface area contributed by atoms with Crippen LogP contribution in [0.25, 0.3) is 16.3 Å². The second kappa shape index (κ2) is 4.39. The molecule has 0 spiro atoms. The number of benzene rings is 2. The van der Waals surface area contributed by atoms with Crippen LogP contribution in [0.15, 0.2) is 6.08 Å². The summed E-state index contributed by atoms with van der Waals surface area (Å²) < 4.78 is 6.00. The van der Waals surface area contributed by atoms with Crippen LogP contribution in [0.1, 0.15) is 49.2 Å². The number of fused-ring (bicyclic) bond motifs is 2. The summed E-state index contributed by atoms with van der Waals surface area (Å²) in [5.41, 5.74) is 0.959. The molecule has 6 nitrogen and oxygen atoms in total. The van der Waals surface area contributed by atoms with Crippen molar-refractivity contribution in [1.82, 2.24) is 0 Å². The first-order valence-corrected chi connectivity index (χ1v) is 7.98. The van der Waals surface area contributed by atoms with Gasteiger partial charge >= 0.3 is 0 Å². The summed E-state index contributed by atoms with van der Waals surface area (Å²) in [5.74, 6) is -2.50. The zero-order valence-corrected chi connectivity index (χ0v) is 14.3. The molecule has 130 valence electrons. The highest BCUT2D eigenvalue weighted by Crippen LogP contribution is 2.60. The Morgan fingerprint density at radius 2 is 1.60 bits per heavy atom. The van der Waals surface area contributed by atoms with E-state index >= 15 is 0 Å². The van der Waals surface area contributed by atoms with E-state index in [9.17, 15) is 25.2 Å². The maximum absolute atomic E-state index is 12.4. The van der Waals surface area contributed by atoms with Crippen molar-refractivity contribution in [2.24, 2.45) is 0 Å². The Balaban J connectivity index is 2.35. The molecular weight excluding hydrogens is 324 g/mol. The minimum atomic E-state index is -0.824. The Morgan fingerprint density at radius 3 is 2.24 bits per heavy atom. The van der Waals surface area contributed by atoms with E-state index < -0.39 is 28.4 Å². The molecule has 1 atom stereocenters. The van der Waals surface area contributed by atoms with E-state index in [1.807, 2.05) is 20.8 Å². The van der Waals surface area contributed by atoms with E-state index in [0.717, 1.165) is 0 Å². The Labute approximate surface area is 143 Å². The molecule has 0 fully saturated rings. The normalized spacial score (nSPS) is 20.4. The molecule has 4 N–H and O–H groups in total. The lowest BCUT2D eigenvalue weighted by atomic mass is 9.76. The van der Waals surface area contributed by atoms with Crippen LogP contribution >= 0.6 is 0 Å². The van der Waals surface area contributed by atoms with E-state index in [4.69, 9.17) is 4.74 Å². The highest BCUT2D eigenvalue weighted by molar-refractivity contribution is 6.26. The minimum Gasteiger partial charge on any atom is -0.507 e. The van der Waals surface area contributed by atoms with Gasteiger partial charge in [-0.15, -0.1) is 0 Å². The second-order valence-electron chi connectivity index (χ2n) is 7.27. The molecule has 25 heavy (non-hydrogen) atoms. The van der Waals surface area contributed by atoms with Crippen molar-refractivity contribution in [2.75, 3.05) is 0 Å². The minimum absolute atomic E-state index is 0.0503. The van der Waals surface area contributed by atoms with E-state index in [1.165, 1.54) is 6.08 Å². The monoisotopic (exact) mass is 342 g/mol. The van der Waals surface area contributed by atoms with Crippen LogP contribution in [0.4, 0.5) is 0 Å². The fourth-order valence-electron chi connectivity index (χ4n) is 3.86. The van der Waals surface area contributed by atoms with Gasteiger partial charge in [0.25, 0.3) is 0 Å². The highest BCUT2D eigenvalue weighted by Gasteiger charge is 2.46. The van der Waals surface area contributed by atoms with Crippen LogP contribution in [0.2, 0.25) is 0 Å². The van der Waals surface area contributed by atoms with Gasteiger partial charge in [0.15, 0.2) is 17.3 Å². The van der Waals surface area contributed by atoms with Gasteiger partial charge in [-0.05, 0) is 25.5 Å². The third-order valence-electron chi connectivity index (χ3n) is 5.54. The van der Waals surface area contributed by atoms with Crippen LogP contribution in [-0.4, -0.2) is 32.3 Å². The summed E-state index contributed by atoms with van der Waals surface area (Å²) in [6.07, 6.45) is 1.10. The largest absolute Gasteiger partial charge is 0.507 e. The lowest BCUT2D eigenvalue weighted by Gasteiger charge is -2.25. The zero-order valence-electron chi connectivity index (χ0n) is 14.3. The quantitative estimate of drug-likeness (QED) is 0.547. The molecule has 2 aliphatic rings. The number of ketones is 1.